The van der Waals surface area contributed by atoms with E-state index in [1.165, 1.54) is 24.5 Å². The van der Waals surface area contributed by atoms with E-state index in [0.29, 0.717) is 11.1 Å². The molecule has 5 heteroatoms. The average Bonchev–Trinajstić information content (AvgIpc) is 2.84. The number of aromatic nitrogens is 2. The summed E-state index contributed by atoms with van der Waals surface area (Å²) in [5, 5.41) is 0. The van der Waals surface area contributed by atoms with Gasteiger partial charge in [-0.1, -0.05) is 12.1 Å². The number of benzene rings is 1. The van der Waals surface area contributed by atoms with Crippen LogP contribution in [0, 0.1) is 0 Å². The van der Waals surface area contributed by atoms with Crippen molar-refractivity contribution in [3.63, 3.8) is 0 Å². The molecule has 0 aliphatic rings. The van der Waals surface area contributed by atoms with Crippen molar-refractivity contribution >= 4 is 11.1 Å². The number of nitrogens with zero attached hydrogens (tertiary/aromatic N) is 2. The van der Waals surface area contributed by atoms with Gasteiger partial charge in [0.15, 0.2) is 5.58 Å². The lowest BCUT2D eigenvalue weighted by molar-refractivity contribution is 0.0147. The van der Waals surface area contributed by atoms with Crippen molar-refractivity contribution in [1.82, 2.24) is 9.97 Å². The van der Waals surface area contributed by atoms with Gasteiger partial charge in [0.2, 0.25) is 0 Å². The Morgan fingerprint density at radius 3 is 2.44 bits per heavy atom. The predicted molar refractivity (Wildman–Crippen MR) is 61.2 cm³/mol. The van der Waals surface area contributed by atoms with Gasteiger partial charge in [-0.25, -0.2) is 4.98 Å². The normalized spacial score (nSPS) is 11.9. The zero-order valence-electron chi connectivity index (χ0n) is 9.18. The van der Waals surface area contributed by atoms with Crippen LogP contribution >= 0.6 is 0 Å². The van der Waals surface area contributed by atoms with Gasteiger partial charge in [0.1, 0.15) is 5.52 Å². The molecule has 0 aliphatic carbocycles. The van der Waals surface area contributed by atoms with E-state index in [-0.39, 0.29) is 5.56 Å². The third kappa shape index (κ3) is 1.64. The second-order valence-corrected chi connectivity index (χ2v) is 3.80. The van der Waals surface area contributed by atoms with E-state index >= 15 is 0 Å². The summed E-state index contributed by atoms with van der Waals surface area (Å²) in [7, 11) is 0. The molecule has 0 fully saturated rings. The van der Waals surface area contributed by atoms with Crippen molar-refractivity contribution in [3.8, 4) is 0 Å². The molecule has 0 bridgehead atoms. The summed E-state index contributed by atoms with van der Waals surface area (Å²) in [6, 6.07) is 9.16. The van der Waals surface area contributed by atoms with Gasteiger partial charge in [-0.2, -0.15) is 8.78 Å². The van der Waals surface area contributed by atoms with Gasteiger partial charge in [-0.15, -0.1) is 0 Å². The van der Waals surface area contributed by atoms with Gasteiger partial charge >= 0.3 is 5.92 Å². The Bertz CT molecular complexity index is 647. The molecule has 18 heavy (non-hydrogen) atoms. The summed E-state index contributed by atoms with van der Waals surface area (Å²) >= 11 is 0. The molecule has 1 aromatic carbocycles. The smallest absolute Gasteiger partial charge is 0.347 e. The van der Waals surface area contributed by atoms with E-state index in [9.17, 15) is 8.78 Å². The summed E-state index contributed by atoms with van der Waals surface area (Å²) in [5.41, 5.74) is 0.575. The number of halogens is 2. The third-order valence-corrected chi connectivity index (χ3v) is 2.61. The molecule has 2 aromatic heterocycles. The Morgan fingerprint density at radius 1 is 1.00 bits per heavy atom. The molecule has 0 spiro atoms. The van der Waals surface area contributed by atoms with Crippen LogP contribution in [0.4, 0.5) is 8.78 Å². The molecule has 0 amide bonds. The van der Waals surface area contributed by atoms with Gasteiger partial charge in [0.25, 0.3) is 5.89 Å². The zero-order chi connectivity index (χ0) is 12.6. The number of rotatable bonds is 2. The summed E-state index contributed by atoms with van der Waals surface area (Å²) in [5.74, 6) is -3.86. The van der Waals surface area contributed by atoms with E-state index in [4.69, 9.17) is 4.42 Å². The maximum absolute atomic E-state index is 14.1. The molecule has 3 rings (SSSR count). The molecule has 3 nitrogen and oxygen atoms in total. The highest BCUT2D eigenvalue weighted by molar-refractivity contribution is 5.72. The van der Waals surface area contributed by atoms with Crippen LogP contribution in [-0.2, 0) is 5.92 Å². The topological polar surface area (TPSA) is 38.9 Å². The monoisotopic (exact) mass is 246 g/mol. The van der Waals surface area contributed by atoms with E-state index in [1.54, 1.807) is 24.3 Å². The van der Waals surface area contributed by atoms with E-state index < -0.39 is 11.8 Å². The second-order valence-electron chi connectivity index (χ2n) is 3.80. The molecule has 0 N–H and O–H groups in total. The maximum atomic E-state index is 14.1. The van der Waals surface area contributed by atoms with Crippen LogP contribution < -0.4 is 0 Å². The van der Waals surface area contributed by atoms with Gasteiger partial charge in [-0.3, -0.25) is 4.98 Å². The molecule has 0 aliphatic heterocycles. The Kier molecular flexibility index (Phi) is 2.33. The van der Waals surface area contributed by atoms with Crippen molar-refractivity contribution in [2.24, 2.45) is 0 Å². The van der Waals surface area contributed by atoms with Crippen LogP contribution in [0.15, 0.2) is 53.2 Å². The highest BCUT2D eigenvalue weighted by atomic mass is 19.3. The molecule has 90 valence electrons. The first-order chi connectivity index (χ1) is 8.68. The average molecular weight is 246 g/mol. The minimum atomic E-state index is -3.26. The van der Waals surface area contributed by atoms with Gasteiger partial charge < -0.3 is 4.42 Å². The lowest BCUT2D eigenvalue weighted by Gasteiger charge is -2.11. The van der Waals surface area contributed by atoms with Crippen LogP contribution in [0.5, 0.6) is 0 Å². The number of hydrogen-bond acceptors (Lipinski definition) is 3. The molecule has 0 atom stereocenters. The first kappa shape index (κ1) is 10.8. The molecule has 2 heterocycles. The lowest BCUT2D eigenvalue weighted by atomic mass is 10.1. The van der Waals surface area contributed by atoms with Crippen molar-refractivity contribution < 1.29 is 13.2 Å². The van der Waals surface area contributed by atoms with Crippen molar-refractivity contribution in [2.75, 3.05) is 0 Å². The lowest BCUT2D eigenvalue weighted by Crippen LogP contribution is -2.15. The molecule has 3 aromatic rings. The number of para-hydroxylation sites is 2. The zero-order valence-corrected chi connectivity index (χ0v) is 9.18. The van der Waals surface area contributed by atoms with Crippen molar-refractivity contribution in [1.29, 1.82) is 0 Å². The van der Waals surface area contributed by atoms with Crippen LogP contribution in [0.2, 0.25) is 0 Å². The summed E-state index contributed by atoms with van der Waals surface area (Å²) in [6.07, 6.45) is 2.62. The second kappa shape index (κ2) is 3.87. The fourth-order valence-corrected chi connectivity index (χ4v) is 1.69. The SMILES string of the molecule is FC(F)(c1ccncc1)c1nc2ccccc2o1. The Labute approximate surface area is 101 Å². The van der Waals surface area contributed by atoms with Crippen LogP contribution in [0.25, 0.3) is 11.1 Å². The Hall–Kier alpha value is -2.30. The number of oxazole rings is 1. The predicted octanol–water partition coefficient (Wildman–Crippen LogP) is 3.36. The van der Waals surface area contributed by atoms with E-state index in [2.05, 4.69) is 9.97 Å². The van der Waals surface area contributed by atoms with E-state index in [0.717, 1.165) is 0 Å². The maximum Gasteiger partial charge on any atom is 0.347 e. The molecule has 0 saturated heterocycles. The minimum absolute atomic E-state index is 0.191. The van der Waals surface area contributed by atoms with Gasteiger partial charge in [-0.05, 0) is 24.3 Å². The number of hydrogen-bond donors (Lipinski definition) is 0. The number of alkyl halides is 2. The van der Waals surface area contributed by atoms with Crippen molar-refractivity contribution in [2.45, 2.75) is 5.92 Å². The molecule has 0 radical (unpaired) electrons. The van der Waals surface area contributed by atoms with Crippen molar-refractivity contribution in [3.05, 3.63) is 60.2 Å². The number of pyridine rings is 1. The van der Waals surface area contributed by atoms with Crippen LogP contribution in [0.3, 0.4) is 0 Å². The van der Waals surface area contributed by atoms with Gasteiger partial charge in [0.05, 0.1) is 0 Å². The Morgan fingerprint density at radius 2 is 1.72 bits per heavy atom. The van der Waals surface area contributed by atoms with Crippen LogP contribution in [0.1, 0.15) is 11.5 Å². The molecule has 0 saturated carbocycles. The highest BCUT2D eigenvalue weighted by Crippen LogP contribution is 2.36. The largest absolute Gasteiger partial charge is 0.435 e. The van der Waals surface area contributed by atoms with Crippen LogP contribution in [-0.4, -0.2) is 9.97 Å². The first-order valence-corrected chi connectivity index (χ1v) is 5.32. The fraction of sp³-hybridized carbons (Fsp3) is 0.0769. The quantitative estimate of drug-likeness (QED) is 0.695. The Balaban J connectivity index is 2.13. The summed E-state index contributed by atoms with van der Waals surface area (Å²) in [6.45, 7) is 0. The first-order valence-electron chi connectivity index (χ1n) is 5.32. The molecule has 0 unspecified atom stereocenters. The molecular weight excluding hydrogens is 238 g/mol. The van der Waals surface area contributed by atoms with Gasteiger partial charge in [0, 0.05) is 18.0 Å². The van der Waals surface area contributed by atoms with E-state index in [1.807, 2.05) is 0 Å². The summed E-state index contributed by atoms with van der Waals surface area (Å²) < 4.78 is 33.4. The number of fused-ring (bicyclic) bond motifs is 1. The summed E-state index contributed by atoms with van der Waals surface area (Å²) in [4.78, 5) is 7.53. The third-order valence-electron chi connectivity index (χ3n) is 2.61. The fourth-order valence-electron chi connectivity index (χ4n) is 1.69. The standard InChI is InChI=1S/C13H8F2N2O/c14-13(15,9-5-7-16-8-6-9)12-17-10-3-1-2-4-11(10)18-12/h1-8H. The molecular formula is C13H8F2N2O. The highest BCUT2D eigenvalue weighted by Gasteiger charge is 2.39. The minimum Gasteiger partial charge on any atom is -0.435 e.